The van der Waals surface area contributed by atoms with Gasteiger partial charge in [-0.15, -0.1) is 10.6 Å². The normalized spacial score (nSPS) is 17.7. The maximum absolute atomic E-state index is 13.3. The van der Waals surface area contributed by atoms with E-state index in [4.69, 9.17) is 9.29 Å². The van der Waals surface area contributed by atoms with E-state index >= 15 is 0 Å². The molecule has 0 bridgehead atoms. The van der Waals surface area contributed by atoms with Crippen LogP contribution in [-0.4, -0.2) is 38.5 Å². The molecule has 0 saturated heterocycles. The summed E-state index contributed by atoms with van der Waals surface area (Å²) in [5.41, 5.74) is 3.85. The Kier molecular flexibility index (Phi) is 4.46. The number of carbonyl (C=O) groups excluding carboxylic acids is 1. The van der Waals surface area contributed by atoms with Gasteiger partial charge in [0.1, 0.15) is 18.1 Å². The second-order valence-electron chi connectivity index (χ2n) is 8.00. The van der Waals surface area contributed by atoms with Crippen molar-refractivity contribution in [3.05, 3.63) is 64.3 Å². The highest BCUT2D eigenvalue weighted by Crippen LogP contribution is 2.44. The lowest BCUT2D eigenvalue weighted by Gasteiger charge is -2.32. The Morgan fingerprint density at radius 3 is 2.72 bits per heavy atom. The van der Waals surface area contributed by atoms with Gasteiger partial charge in [-0.1, -0.05) is 19.9 Å². The van der Waals surface area contributed by atoms with Crippen LogP contribution in [0.2, 0.25) is 0 Å². The summed E-state index contributed by atoms with van der Waals surface area (Å²) in [6.07, 6.45) is 1.50. The number of rotatable bonds is 4. The van der Waals surface area contributed by atoms with E-state index in [1.165, 1.54) is 6.26 Å². The molecule has 29 heavy (non-hydrogen) atoms. The summed E-state index contributed by atoms with van der Waals surface area (Å²) in [6.45, 7) is 4.36. The van der Waals surface area contributed by atoms with Gasteiger partial charge in [0.15, 0.2) is 5.78 Å². The van der Waals surface area contributed by atoms with Gasteiger partial charge in [0.05, 0.1) is 23.5 Å². The van der Waals surface area contributed by atoms with E-state index in [9.17, 15) is 14.6 Å². The molecule has 0 spiro atoms. The summed E-state index contributed by atoms with van der Waals surface area (Å²) in [7, 11) is -2.36. The molecule has 4 N–H and O–H groups in total. The van der Waals surface area contributed by atoms with Crippen LogP contribution in [-0.2, 0) is 5.41 Å². The molecule has 4 rings (SSSR count). The number of nitriles is 1. The van der Waals surface area contributed by atoms with Gasteiger partial charge in [0.2, 0.25) is 0 Å². The Bertz CT molecular complexity index is 1180. The van der Waals surface area contributed by atoms with Crippen molar-refractivity contribution in [3.63, 3.8) is 0 Å². The van der Waals surface area contributed by atoms with Crippen LogP contribution in [0.3, 0.4) is 0 Å². The molecule has 0 aliphatic heterocycles. The molecule has 2 aromatic carbocycles. The minimum absolute atomic E-state index is 0.0460. The van der Waals surface area contributed by atoms with Crippen LogP contribution >= 0.6 is 10.6 Å². The lowest BCUT2D eigenvalue weighted by molar-refractivity contribution is 0.103. The Labute approximate surface area is 170 Å². The first-order chi connectivity index (χ1) is 13.6. The quantitative estimate of drug-likeness (QED) is 0.636. The first-order valence-electron chi connectivity index (χ1n) is 9.23. The molecule has 6 nitrogen and oxygen atoms in total. The molecule has 0 fully saturated rings. The number of ether oxygens (including phenoxy) is 1. The number of carbonyl (C=O) groups is 1. The van der Waals surface area contributed by atoms with Gasteiger partial charge < -0.3 is 14.3 Å². The van der Waals surface area contributed by atoms with E-state index in [2.05, 4.69) is 24.9 Å². The van der Waals surface area contributed by atoms with Crippen molar-refractivity contribution in [3.8, 4) is 11.8 Å². The topological polar surface area (TPSA) is 109 Å². The van der Waals surface area contributed by atoms with Crippen LogP contribution in [0.15, 0.2) is 36.4 Å². The minimum Gasteiger partial charge on any atom is -0.492 e. The van der Waals surface area contributed by atoms with Crippen molar-refractivity contribution in [2.45, 2.75) is 19.3 Å². The smallest absolute Gasteiger partial charge is 0.195 e. The van der Waals surface area contributed by atoms with Crippen LogP contribution in [0.5, 0.6) is 5.75 Å². The molecule has 1 atom stereocenters. The molecule has 1 aliphatic carbocycles. The van der Waals surface area contributed by atoms with Gasteiger partial charge in [-0.3, -0.25) is 9.35 Å². The van der Waals surface area contributed by atoms with Crippen LogP contribution in [0.1, 0.15) is 46.6 Å². The zero-order valence-electron chi connectivity index (χ0n) is 16.5. The van der Waals surface area contributed by atoms with Crippen molar-refractivity contribution in [2.24, 2.45) is 0 Å². The Hall–Kier alpha value is -2.79. The molecule has 150 valence electrons. The number of H-pyrrole nitrogens is 1. The van der Waals surface area contributed by atoms with Crippen LogP contribution in [0.25, 0.3) is 10.9 Å². The molecule has 1 aliphatic rings. The van der Waals surface area contributed by atoms with Crippen molar-refractivity contribution in [1.82, 2.24) is 4.98 Å². The van der Waals surface area contributed by atoms with E-state index in [0.717, 1.165) is 22.2 Å². The number of nitrogens with zero attached hydrogens (tertiary/aromatic N) is 1. The molecule has 0 amide bonds. The van der Waals surface area contributed by atoms with E-state index in [-0.39, 0.29) is 18.1 Å². The summed E-state index contributed by atoms with van der Waals surface area (Å²) in [6, 6.07) is 12.9. The molecule has 0 radical (unpaired) electrons. The minimum atomic E-state index is -2.36. The molecular weight excluding hydrogens is 388 g/mol. The van der Waals surface area contributed by atoms with Crippen molar-refractivity contribution in [1.29, 1.82) is 5.26 Å². The fourth-order valence-corrected chi connectivity index (χ4v) is 4.30. The van der Waals surface area contributed by atoms with Crippen molar-refractivity contribution < 1.29 is 18.6 Å². The number of aromatic amines is 1. The number of benzene rings is 2. The predicted octanol–water partition coefficient (Wildman–Crippen LogP) is 3.84. The summed E-state index contributed by atoms with van der Waals surface area (Å²) >= 11 is 0. The summed E-state index contributed by atoms with van der Waals surface area (Å²) in [5.74, 6) is 0.828. The number of hydrogen-bond acceptors (Lipinski definition) is 4. The van der Waals surface area contributed by atoms with Gasteiger partial charge in [-0.05, 0) is 35.9 Å². The lowest BCUT2D eigenvalue weighted by Crippen LogP contribution is -2.30. The number of hydrogen-bond donors (Lipinski definition) is 2. The van der Waals surface area contributed by atoms with Crippen LogP contribution in [0, 0.1) is 11.3 Å². The fourth-order valence-electron chi connectivity index (χ4n) is 3.89. The zero-order valence-corrected chi connectivity index (χ0v) is 17.3. The maximum atomic E-state index is 13.3. The monoisotopic (exact) mass is 411 g/mol. The van der Waals surface area contributed by atoms with Gasteiger partial charge in [-0.2, -0.15) is 5.26 Å². The predicted molar refractivity (Wildman–Crippen MR) is 115 cm³/mol. The highest BCUT2D eigenvalue weighted by molar-refractivity contribution is 8.23. The highest BCUT2D eigenvalue weighted by atomic mass is 32.3. The van der Waals surface area contributed by atoms with Gasteiger partial charge >= 0.3 is 0 Å². The Morgan fingerprint density at radius 1 is 1.28 bits per heavy atom. The SMILES string of the molecule is CC1(C)c2cc(OCCS(C)(O)[OH2+])ccc2C(=O)c2c1[nH]c1cc(C#N)ccc21. The standard InChI is InChI=1S/C22H22N2O4S/c1-22(2)17-11-14(28-8-9-29(3,26)27)5-7-15(17)20(25)19-16-6-4-13(12-23)10-18(16)24-21(19)22/h4-7,10-11,24,26-27H,8-9H2,1-3H3/p+1. The second kappa shape index (κ2) is 6.63. The third kappa shape index (κ3) is 3.29. The van der Waals surface area contributed by atoms with Crippen molar-refractivity contribution >= 4 is 27.3 Å². The number of ketones is 1. The van der Waals surface area contributed by atoms with Crippen molar-refractivity contribution in [2.75, 3.05) is 18.6 Å². The first kappa shape index (κ1) is 19.5. The summed E-state index contributed by atoms with van der Waals surface area (Å²) in [5, 5.41) is 10.0. The molecular formula is C22H23N2O4S+. The molecule has 0 saturated carbocycles. The molecule has 1 aromatic heterocycles. The average Bonchev–Trinajstić information content (AvgIpc) is 3.05. The Balaban J connectivity index is 1.77. The third-order valence-electron chi connectivity index (χ3n) is 5.44. The zero-order chi connectivity index (χ0) is 21.0. The van der Waals surface area contributed by atoms with E-state index in [1.807, 2.05) is 12.1 Å². The average molecular weight is 412 g/mol. The first-order valence-corrected chi connectivity index (χ1v) is 11.4. The third-order valence-corrected chi connectivity index (χ3v) is 6.40. The Morgan fingerprint density at radius 2 is 2.03 bits per heavy atom. The largest absolute Gasteiger partial charge is 0.492 e. The van der Waals surface area contributed by atoms with Crippen LogP contribution in [0.4, 0.5) is 0 Å². The van der Waals surface area contributed by atoms with E-state index < -0.39 is 16.0 Å². The summed E-state index contributed by atoms with van der Waals surface area (Å²) < 4.78 is 23.0. The second-order valence-corrected chi connectivity index (χ2v) is 10.5. The number of fused-ring (bicyclic) bond motifs is 4. The molecule has 7 heteroatoms. The number of nitrogens with one attached hydrogen (secondary N) is 1. The highest BCUT2D eigenvalue weighted by Gasteiger charge is 2.39. The van der Waals surface area contributed by atoms with Gasteiger partial charge in [-0.25, -0.2) is 0 Å². The van der Waals surface area contributed by atoms with Gasteiger partial charge in [0.25, 0.3) is 0 Å². The maximum Gasteiger partial charge on any atom is 0.195 e. The fraction of sp³-hybridized carbons (Fsp3) is 0.273. The molecule has 1 heterocycles. The van der Waals surface area contributed by atoms with E-state index in [1.54, 1.807) is 24.3 Å². The molecule has 1 unspecified atom stereocenters. The lowest BCUT2D eigenvalue weighted by atomic mass is 9.71. The van der Waals surface area contributed by atoms with Gasteiger partial charge in [0, 0.05) is 27.6 Å². The molecule has 3 aromatic rings. The number of aromatic nitrogens is 1. The van der Waals surface area contributed by atoms with Crippen LogP contribution < -0.4 is 4.74 Å². The summed E-state index contributed by atoms with van der Waals surface area (Å²) in [4.78, 5) is 16.7. The van der Waals surface area contributed by atoms with E-state index in [0.29, 0.717) is 22.4 Å².